The van der Waals surface area contributed by atoms with E-state index >= 15 is 0 Å². The Kier molecular flexibility index (Phi) is 4.66. The number of aryl methyl sites for hydroxylation is 2. The van der Waals surface area contributed by atoms with Gasteiger partial charge in [0.25, 0.3) is 5.56 Å². The van der Waals surface area contributed by atoms with E-state index in [-0.39, 0.29) is 11.3 Å². The van der Waals surface area contributed by atoms with Crippen LogP contribution < -0.4 is 10.9 Å². The third-order valence-electron chi connectivity index (χ3n) is 4.91. The van der Waals surface area contributed by atoms with Crippen molar-refractivity contribution in [1.29, 1.82) is 0 Å². The Morgan fingerprint density at radius 3 is 2.96 bits per heavy atom. The summed E-state index contributed by atoms with van der Waals surface area (Å²) >= 11 is 1.63. The predicted molar refractivity (Wildman–Crippen MR) is 110 cm³/mol. The maximum Gasteiger partial charge on any atom is 0.264 e. The van der Waals surface area contributed by atoms with Crippen molar-refractivity contribution in [3.8, 4) is 0 Å². The van der Waals surface area contributed by atoms with Crippen LogP contribution in [0.3, 0.4) is 0 Å². The lowest BCUT2D eigenvalue weighted by Crippen LogP contribution is -2.24. The number of allylic oxidation sites excluding steroid dienone is 1. The number of fused-ring (bicyclic) bond motifs is 3. The molecule has 0 amide bonds. The minimum atomic E-state index is -0.0236. The van der Waals surface area contributed by atoms with Gasteiger partial charge in [0.05, 0.1) is 5.39 Å². The highest BCUT2D eigenvalue weighted by Gasteiger charge is 2.22. The zero-order valence-corrected chi connectivity index (χ0v) is 16.1. The molecule has 3 aromatic rings. The van der Waals surface area contributed by atoms with Crippen LogP contribution in [-0.4, -0.2) is 15.3 Å². The highest BCUT2D eigenvalue weighted by Crippen LogP contribution is 2.34. The van der Waals surface area contributed by atoms with E-state index in [1.165, 1.54) is 23.8 Å². The van der Waals surface area contributed by atoms with Gasteiger partial charge in [-0.15, -0.1) is 17.9 Å². The van der Waals surface area contributed by atoms with E-state index in [1.54, 1.807) is 34.1 Å². The molecule has 0 bridgehead atoms. The number of rotatable bonds is 5. The molecular weight excluding hydrogens is 358 g/mol. The van der Waals surface area contributed by atoms with Crippen LogP contribution in [0.5, 0.6) is 0 Å². The Hall–Kier alpha value is -2.73. The van der Waals surface area contributed by atoms with Gasteiger partial charge >= 0.3 is 0 Å². The predicted octanol–water partition coefficient (Wildman–Crippen LogP) is 4.47. The fourth-order valence-corrected chi connectivity index (χ4v) is 4.83. The smallest absolute Gasteiger partial charge is 0.264 e. The van der Waals surface area contributed by atoms with E-state index in [9.17, 15) is 9.59 Å². The molecule has 2 heterocycles. The summed E-state index contributed by atoms with van der Waals surface area (Å²) in [5.74, 6) is 0.475. The van der Waals surface area contributed by atoms with Gasteiger partial charge in [0.2, 0.25) is 5.95 Å². The van der Waals surface area contributed by atoms with Crippen molar-refractivity contribution in [3.05, 3.63) is 63.3 Å². The number of nitrogens with one attached hydrogen (secondary N) is 1. The zero-order valence-electron chi connectivity index (χ0n) is 15.2. The number of thiophene rings is 1. The molecule has 1 aliphatic carbocycles. The van der Waals surface area contributed by atoms with Crippen LogP contribution in [-0.2, 0) is 19.4 Å². The van der Waals surface area contributed by atoms with Gasteiger partial charge in [-0.3, -0.25) is 14.2 Å². The number of hydrogen-bond donors (Lipinski definition) is 1. The van der Waals surface area contributed by atoms with Crippen molar-refractivity contribution >= 4 is 39.0 Å². The molecule has 27 heavy (non-hydrogen) atoms. The summed E-state index contributed by atoms with van der Waals surface area (Å²) < 4.78 is 1.62. The van der Waals surface area contributed by atoms with Gasteiger partial charge in [0.15, 0.2) is 5.78 Å². The molecule has 2 aromatic heterocycles. The van der Waals surface area contributed by atoms with Crippen LogP contribution in [0, 0.1) is 0 Å². The molecule has 1 aromatic carbocycles. The van der Waals surface area contributed by atoms with Gasteiger partial charge in [-0.05, 0) is 50.3 Å². The first kappa shape index (κ1) is 17.7. The maximum absolute atomic E-state index is 13.2. The average molecular weight is 379 g/mol. The van der Waals surface area contributed by atoms with Gasteiger partial charge in [-0.1, -0.05) is 18.2 Å². The standard InChI is InChI=1S/C21H21N3O2S/c1-3-11-24-20(26)18-16-9-4-5-10-17(16)27-19(18)23-21(24)22-15-8-6-7-14(12-15)13(2)25/h3,6-8,12H,1,4-5,9-11H2,2H3,(H,22,23). The van der Waals surface area contributed by atoms with Crippen molar-refractivity contribution in [1.82, 2.24) is 9.55 Å². The fraction of sp³-hybridized carbons (Fsp3) is 0.286. The minimum Gasteiger partial charge on any atom is -0.325 e. The Morgan fingerprint density at radius 1 is 1.37 bits per heavy atom. The van der Waals surface area contributed by atoms with Crippen LogP contribution in [0.15, 0.2) is 41.7 Å². The molecule has 4 rings (SSSR count). The molecule has 0 radical (unpaired) electrons. The van der Waals surface area contributed by atoms with Crippen LogP contribution in [0.25, 0.3) is 10.2 Å². The first-order valence-electron chi connectivity index (χ1n) is 9.12. The number of Topliss-reactive ketones (excluding diaryl/α,β-unsaturated/α-hetero) is 1. The van der Waals surface area contributed by atoms with Crippen molar-refractivity contribution in [2.75, 3.05) is 5.32 Å². The SMILES string of the molecule is C=CCn1c(Nc2cccc(C(C)=O)c2)nc2sc3c(c2c1=O)CCCC3. The summed E-state index contributed by atoms with van der Waals surface area (Å²) in [5, 5.41) is 3.99. The van der Waals surface area contributed by atoms with E-state index in [4.69, 9.17) is 4.98 Å². The average Bonchev–Trinajstić information content (AvgIpc) is 3.03. The van der Waals surface area contributed by atoms with Gasteiger partial charge in [0, 0.05) is 22.7 Å². The molecule has 138 valence electrons. The van der Waals surface area contributed by atoms with Gasteiger partial charge in [0.1, 0.15) is 4.83 Å². The van der Waals surface area contributed by atoms with Crippen molar-refractivity contribution in [2.45, 2.75) is 39.2 Å². The van der Waals surface area contributed by atoms with Crippen LogP contribution in [0.2, 0.25) is 0 Å². The monoisotopic (exact) mass is 379 g/mol. The van der Waals surface area contributed by atoms with E-state index < -0.39 is 0 Å². The molecular formula is C21H21N3O2S. The highest BCUT2D eigenvalue weighted by molar-refractivity contribution is 7.18. The number of benzene rings is 1. The fourth-order valence-electron chi connectivity index (χ4n) is 3.58. The third-order valence-corrected chi connectivity index (χ3v) is 6.10. The Morgan fingerprint density at radius 2 is 2.19 bits per heavy atom. The van der Waals surface area contributed by atoms with Gasteiger partial charge in [-0.2, -0.15) is 0 Å². The summed E-state index contributed by atoms with van der Waals surface area (Å²) in [5.41, 5.74) is 2.50. The van der Waals surface area contributed by atoms with E-state index in [1.807, 2.05) is 12.1 Å². The number of carbonyl (C=O) groups excluding carboxylic acids is 1. The molecule has 0 saturated carbocycles. The lowest BCUT2D eigenvalue weighted by Gasteiger charge is -2.14. The topological polar surface area (TPSA) is 64.0 Å². The van der Waals surface area contributed by atoms with Crippen LogP contribution in [0.1, 0.15) is 40.6 Å². The van der Waals surface area contributed by atoms with Crippen LogP contribution in [0.4, 0.5) is 11.6 Å². The summed E-state index contributed by atoms with van der Waals surface area (Å²) in [6, 6.07) is 7.22. The summed E-state index contributed by atoms with van der Waals surface area (Å²) in [6.45, 7) is 5.69. The number of anilines is 2. The maximum atomic E-state index is 13.2. The number of ketones is 1. The molecule has 5 nitrogen and oxygen atoms in total. The second-order valence-corrected chi connectivity index (χ2v) is 7.88. The van der Waals surface area contributed by atoms with E-state index in [2.05, 4.69) is 11.9 Å². The zero-order chi connectivity index (χ0) is 19.0. The van der Waals surface area contributed by atoms with Crippen molar-refractivity contribution in [3.63, 3.8) is 0 Å². The normalized spacial score (nSPS) is 13.4. The van der Waals surface area contributed by atoms with Crippen LogP contribution >= 0.6 is 11.3 Å². The molecule has 1 N–H and O–H groups in total. The molecule has 0 fully saturated rings. The first-order chi connectivity index (χ1) is 13.1. The summed E-state index contributed by atoms with van der Waals surface area (Å²) in [7, 11) is 0. The second-order valence-electron chi connectivity index (χ2n) is 6.79. The third kappa shape index (κ3) is 3.21. The van der Waals surface area contributed by atoms with E-state index in [0.717, 1.165) is 35.2 Å². The molecule has 1 aliphatic rings. The Balaban J connectivity index is 1.85. The Labute approximate surface area is 161 Å². The number of carbonyl (C=O) groups is 1. The minimum absolute atomic E-state index is 0.00326. The molecule has 0 spiro atoms. The van der Waals surface area contributed by atoms with Gasteiger partial charge in [-0.25, -0.2) is 4.98 Å². The van der Waals surface area contributed by atoms with Crippen molar-refractivity contribution in [2.24, 2.45) is 0 Å². The highest BCUT2D eigenvalue weighted by atomic mass is 32.1. The Bertz CT molecular complexity index is 1110. The molecule has 0 unspecified atom stereocenters. The number of nitrogens with zero attached hydrogens (tertiary/aromatic N) is 2. The molecule has 6 heteroatoms. The number of hydrogen-bond acceptors (Lipinski definition) is 5. The first-order valence-corrected chi connectivity index (χ1v) is 9.94. The van der Waals surface area contributed by atoms with Crippen molar-refractivity contribution < 1.29 is 4.79 Å². The molecule has 0 atom stereocenters. The summed E-state index contributed by atoms with van der Waals surface area (Å²) in [6.07, 6.45) is 5.97. The lowest BCUT2D eigenvalue weighted by atomic mass is 9.97. The second kappa shape index (κ2) is 7.12. The molecule has 0 saturated heterocycles. The van der Waals surface area contributed by atoms with E-state index in [0.29, 0.717) is 18.1 Å². The molecule has 0 aliphatic heterocycles. The quantitative estimate of drug-likeness (QED) is 0.525. The largest absolute Gasteiger partial charge is 0.325 e. The number of aromatic nitrogens is 2. The lowest BCUT2D eigenvalue weighted by molar-refractivity contribution is 0.101. The van der Waals surface area contributed by atoms with Gasteiger partial charge < -0.3 is 5.32 Å². The summed E-state index contributed by atoms with van der Waals surface area (Å²) in [4.78, 5) is 31.7.